The Balaban J connectivity index is 1.56. The first-order valence-electron chi connectivity index (χ1n) is 16.8. The van der Waals surface area contributed by atoms with Crippen molar-refractivity contribution in [2.24, 2.45) is 4.99 Å². The molecule has 4 aliphatic rings. The van der Waals surface area contributed by atoms with Gasteiger partial charge >= 0.3 is 0 Å². The Morgan fingerprint density at radius 3 is 1.85 bits per heavy atom. The molecule has 2 saturated carbocycles. The van der Waals surface area contributed by atoms with Gasteiger partial charge in [-0.1, -0.05) is 70.4 Å². The van der Waals surface area contributed by atoms with Gasteiger partial charge in [0.1, 0.15) is 0 Å². The SMILES string of the molecule is O=c1c2c(=NC3CCCCC3)cc3c(=O)n(-c4ccc(Br)cc4)c(=O)c4c(NC5CCCCC5)cc(c(O)n1-c1ccc(Br)cc1)c2c4-3. The van der Waals surface area contributed by atoms with Crippen LogP contribution in [0.5, 0.6) is 5.88 Å². The van der Waals surface area contributed by atoms with Crippen LogP contribution < -0.4 is 27.4 Å². The fraction of sp³-hybridized carbons (Fsp3) is 0.316. The van der Waals surface area contributed by atoms with Crippen LogP contribution in [0.2, 0.25) is 0 Å². The normalized spacial score (nSPS) is 16.8. The Bertz CT molecular complexity index is 2370. The lowest BCUT2D eigenvalue weighted by Crippen LogP contribution is -2.36. The number of aromatic nitrogens is 2. The molecule has 0 saturated heterocycles. The zero-order valence-corrected chi connectivity index (χ0v) is 29.4. The predicted molar refractivity (Wildman–Crippen MR) is 198 cm³/mol. The van der Waals surface area contributed by atoms with Gasteiger partial charge in [0.05, 0.1) is 39.1 Å². The average Bonchev–Trinajstić information content (AvgIpc) is 3.09. The molecule has 0 spiro atoms. The van der Waals surface area contributed by atoms with E-state index in [1.54, 1.807) is 48.5 Å². The van der Waals surface area contributed by atoms with Crippen LogP contribution in [0.1, 0.15) is 64.2 Å². The monoisotopic (exact) mass is 768 g/mol. The maximum atomic E-state index is 14.6. The lowest BCUT2D eigenvalue weighted by Gasteiger charge is -2.27. The second-order valence-electron chi connectivity index (χ2n) is 13.2. The summed E-state index contributed by atoms with van der Waals surface area (Å²) in [6, 6.07) is 17.9. The molecule has 8 nitrogen and oxygen atoms in total. The van der Waals surface area contributed by atoms with Gasteiger partial charge in [-0.25, -0.2) is 9.13 Å². The van der Waals surface area contributed by atoms with Crippen LogP contribution in [0.3, 0.4) is 0 Å². The summed E-state index contributed by atoms with van der Waals surface area (Å²) in [6.45, 7) is 0. The van der Waals surface area contributed by atoms with Crippen molar-refractivity contribution in [1.29, 1.82) is 0 Å². The van der Waals surface area contributed by atoms with E-state index in [4.69, 9.17) is 4.99 Å². The number of rotatable bonds is 5. The lowest BCUT2D eigenvalue weighted by molar-refractivity contribution is 0.437. The number of anilines is 1. The van der Waals surface area contributed by atoms with Gasteiger partial charge in [-0.15, -0.1) is 0 Å². The first kappa shape index (κ1) is 31.3. The fourth-order valence-corrected chi connectivity index (χ4v) is 8.33. The van der Waals surface area contributed by atoms with Crippen molar-refractivity contribution in [1.82, 2.24) is 9.13 Å². The zero-order chi connectivity index (χ0) is 33.1. The molecule has 48 heavy (non-hydrogen) atoms. The van der Waals surface area contributed by atoms with Crippen LogP contribution in [-0.4, -0.2) is 26.3 Å². The van der Waals surface area contributed by atoms with Crippen LogP contribution in [0, 0.1) is 0 Å². The first-order chi connectivity index (χ1) is 23.3. The van der Waals surface area contributed by atoms with Crippen LogP contribution in [-0.2, 0) is 0 Å². The lowest BCUT2D eigenvalue weighted by atomic mass is 9.88. The van der Waals surface area contributed by atoms with Crippen molar-refractivity contribution in [2.45, 2.75) is 76.3 Å². The van der Waals surface area contributed by atoms with E-state index in [0.717, 1.165) is 66.7 Å². The summed E-state index contributed by atoms with van der Waals surface area (Å²) in [7, 11) is 0. The first-order valence-corrected chi connectivity index (χ1v) is 18.3. The molecule has 244 valence electrons. The third-order valence-electron chi connectivity index (χ3n) is 10.1. The molecular formula is C38H34Br2N4O4. The van der Waals surface area contributed by atoms with Gasteiger partial charge in [0.25, 0.3) is 16.7 Å². The minimum absolute atomic E-state index is 0.00569. The van der Waals surface area contributed by atoms with Gasteiger partial charge < -0.3 is 10.4 Å². The van der Waals surface area contributed by atoms with E-state index in [1.165, 1.54) is 15.6 Å². The molecule has 2 fully saturated rings. The predicted octanol–water partition coefficient (Wildman–Crippen LogP) is 7.84. The Hall–Kier alpha value is -4.02. The molecule has 0 radical (unpaired) electrons. The van der Waals surface area contributed by atoms with Gasteiger partial charge in [-0.05, 0) is 86.3 Å². The van der Waals surface area contributed by atoms with Crippen molar-refractivity contribution >= 4 is 59.1 Å². The molecule has 1 aromatic heterocycles. The smallest absolute Gasteiger partial charge is 0.268 e. The zero-order valence-electron chi connectivity index (χ0n) is 26.3. The molecule has 2 heterocycles. The number of hydrogen-bond acceptors (Lipinski definition) is 6. The summed E-state index contributed by atoms with van der Waals surface area (Å²) in [4.78, 5) is 48.9. The van der Waals surface area contributed by atoms with Crippen LogP contribution in [0.4, 0.5) is 5.69 Å². The van der Waals surface area contributed by atoms with Crippen molar-refractivity contribution in [2.75, 3.05) is 5.32 Å². The molecule has 4 aromatic rings. The van der Waals surface area contributed by atoms with Crippen molar-refractivity contribution in [3.63, 3.8) is 0 Å². The minimum atomic E-state index is -0.482. The molecule has 0 amide bonds. The third kappa shape index (κ3) is 5.24. The highest BCUT2D eigenvalue weighted by molar-refractivity contribution is 9.10. The van der Waals surface area contributed by atoms with Crippen LogP contribution in [0.25, 0.3) is 44.0 Å². The highest BCUT2D eigenvalue weighted by Crippen LogP contribution is 2.42. The summed E-state index contributed by atoms with van der Waals surface area (Å²) in [5.74, 6) is -0.246. The summed E-state index contributed by atoms with van der Waals surface area (Å²) in [5, 5.41) is 17.5. The molecular weight excluding hydrogens is 736 g/mol. The number of nitrogens with one attached hydrogen (secondary N) is 1. The number of benzene rings is 4. The second kappa shape index (κ2) is 12.5. The van der Waals surface area contributed by atoms with Crippen LogP contribution in [0.15, 0.2) is 89.0 Å². The quantitative estimate of drug-likeness (QED) is 0.174. The summed E-state index contributed by atoms with van der Waals surface area (Å²) in [6.07, 6.45) is 10.3. The van der Waals surface area contributed by atoms with E-state index < -0.39 is 16.7 Å². The van der Waals surface area contributed by atoms with E-state index in [9.17, 15) is 19.5 Å². The summed E-state index contributed by atoms with van der Waals surface area (Å²) in [5.41, 5.74) is 0.790. The highest BCUT2D eigenvalue weighted by Gasteiger charge is 2.31. The van der Waals surface area contributed by atoms with E-state index in [2.05, 4.69) is 37.2 Å². The molecule has 0 unspecified atom stereocenters. The summed E-state index contributed by atoms with van der Waals surface area (Å²) < 4.78 is 4.21. The molecule has 0 bridgehead atoms. The standard InChI is InChI=1S/C38H34Br2N4O4/c39-21-11-15-25(16-12-21)43-36(46)28-20-30(42-24-9-5-2-6-10-24)34-32-27(35(45)44(38(34)48)26-17-13-22(40)14-18-26)19-29(33(31(28)32)37(43)47)41-23-7-3-1-4-8-23/h11-20,23-24,41,45H,1-10H2. The Morgan fingerprint density at radius 2 is 1.23 bits per heavy atom. The minimum Gasteiger partial charge on any atom is -0.494 e. The van der Waals surface area contributed by atoms with E-state index in [-0.39, 0.29) is 18.0 Å². The third-order valence-corrected chi connectivity index (χ3v) is 11.2. The molecule has 1 aliphatic heterocycles. The van der Waals surface area contributed by atoms with Gasteiger partial charge in [-0.2, -0.15) is 0 Å². The number of halogens is 2. The number of hydrogen-bond donors (Lipinski definition) is 2. The fourth-order valence-electron chi connectivity index (χ4n) is 7.80. The van der Waals surface area contributed by atoms with Crippen molar-refractivity contribution in [3.8, 4) is 28.4 Å². The Kier molecular flexibility index (Phi) is 8.11. The number of aromatic hydroxyl groups is 1. The number of pyridine rings is 2. The molecule has 3 aromatic carbocycles. The van der Waals surface area contributed by atoms with Gasteiger partial charge in [0.15, 0.2) is 0 Å². The maximum Gasteiger partial charge on any atom is 0.268 e. The van der Waals surface area contributed by atoms with Gasteiger partial charge in [0, 0.05) is 37.0 Å². The van der Waals surface area contributed by atoms with Crippen LogP contribution >= 0.6 is 31.9 Å². The molecule has 8 rings (SSSR count). The largest absolute Gasteiger partial charge is 0.494 e. The topological polar surface area (TPSA) is 106 Å². The summed E-state index contributed by atoms with van der Waals surface area (Å²) >= 11 is 6.94. The van der Waals surface area contributed by atoms with Gasteiger partial charge in [-0.3, -0.25) is 19.4 Å². The van der Waals surface area contributed by atoms with Gasteiger partial charge in [0.2, 0.25) is 5.88 Å². The van der Waals surface area contributed by atoms with E-state index >= 15 is 0 Å². The van der Waals surface area contributed by atoms with Crippen molar-refractivity contribution < 1.29 is 5.11 Å². The number of nitrogens with zero attached hydrogens (tertiary/aromatic N) is 3. The molecule has 0 atom stereocenters. The second-order valence-corrected chi connectivity index (χ2v) is 15.0. The molecule has 10 heteroatoms. The average molecular weight is 771 g/mol. The van der Waals surface area contributed by atoms with E-state index in [1.807, 2.05) is 12.1 Å². The Morgan fingerprint density at radius 1 is 0.667 bits per heavy atom. The highest BCUT2D eigenvalue weighted by atomic mass is 79.9. The molecule has 2 N–H and O–H groups in total. The van der Waals surface area contributed by atoms with E-state index in [0.29, 0.717) is 55.1 Å². The van der Waals surface area contributed by atoms with Crippen molar-refractivity contribution in [3.05, 3.63) is 106 Å². The molecule has 3 aliphatic carbocycles. The Labute approximate surface area is 293 Å². The maximum absolute atomic E-state index is 14.6.